The van der Waals surface area contributed by atoms with Crippen LogP contribution >= 0.6 is 0 Å². The molecule has 0 radical (unpaired) electrons. The lowest BCUT2D eigenvalue weighted by Crippen LogP contribution is -2.39. The van der Waals surface area contributed by atoms with Crippen LogP contribution in [0.5, 0.6) is 5.75 Å². The molecular weight excluding hydrogens is 182 g/mol. The minimum absolute atomic E-state index is 0.101. The number of carbonyl (C=O) groups excluding carboxylic acids is 1. The molecule has 1 aromatic rings. The van der Waals surface area contributed by atoms with Gasteiger partial charge in [-0.25, -0.2) is 0 Å². The molecule has 1 unspecified atom stereocenters. The number of para-hydroxylation sites is 1. The van der Waals surface area contributed by atoms with Gasteiger partial charge in [0.25, 0.3) is 0 Å². The zero-order valence-corrected chi connectivity index (χ0v) is 7.56. The summed E-state index contributed by atoms with van der Waals surface area (Å²) in [5, 5.41) is 12.3. The molecular formula is C10H11NO3. The minimum atomic E-state index is -0.238. The monoisotopic (exact) mass is 193 g/mol. The van der Waals surface area contributed by atoms with E-state index in [2.05, 4.69) is 5.32 Å². The van der Waals surface area contributed by atoms with Crippen molar-refractivity contribution in [3.63, 3.8) is 0 Å². The molecule has 0 aromatic heterocycles. The Morgan fingerprint density at radius 1 is 1.43 bits per heavy atom. The molecule has 1 aromatic carbocycles. The first-order chi connectivity index (χ1) is 6.77. The van der Waals surface area contributed by atoms with E-state index < -0.39 is 0 Å². The lowest BCUT2D eigenvalue weighted by Gasteiger charge is -2.24. The van der Waals surface area contributed by atoms with E-state index in [1.807, 2.05) is 6.07 Å². The Morgan fingerprint density at radius 2 is 2.21 bits per heavy atom. The second-order valence-electron chi connectivity index (χ2n) is 3.19. The van der Waals surface area contributed by atoms with Crippen LogP contribution in [0.25, 0.3) is 0 Å². The Hall–Kier alpha value is -1.55. The Kier molecular flexibility index (Phi) is 2.37. The maximum absolute atomic E-state index is 11.0. The van der Waals surface area contributed by atoms with Crippen molar-refractivity contribution in [2.75, 3.05) is 13.2 Å². The van der Waals surface area contributed by atoms with Crippen molar-refractivity contribution < 1.29 is 14.6 Å². The summed E-state index contributed by atoms with van der Waals surface area (Å²) in [7, 11) is 0. The van der Waals surface area contributed by atoms with Gasteiger partial charge < -0.3 is 15.2 Å². The van der Waals surface area contributed by atoms with Gasteiger partial charge in [0.2, 0.25) is 5.91 Å². The van der Waals surface area contributed by atoms with Crippen molar-refractivity contribution in [1.29, 1.82) is 0 Å². The van der Waals surface area contributed by atoms with Crippen LogP contribution in [-0.4, -0.2) is 24.2 Å². The molecule has 74 valence electrons. The van der Waals surface area contributed by atoms with Crippen LogP contribution in [0.2, 0.25) is 0 Å². The van der Waals surface area contributed by atoms with Crippen LogP contribution in [-0.2, 0) is 9.53 Å². The van der Waals surface area contributed by atoms with E-state index in [1.165, 1.54) is 0 Å². The van der Waals surface area contributed by atoms with E-state index in [0.717, 1.165) is 0 Å². The molecule has 1 aliphatic heterocycles. The van der Waals surface area contributed by atoms with Crippen LogP contribution in [0.3, 0.4) is 0 Å². The number of rotatable bonds is 1. The minimum Gasteiger partial charge on any atom is -0.508 e. The van der Waals surface area contributed by atoms with Gasteiger partial charge >= 0.3 is 0 Å². The fourth-order valence-electron chi connectivity index (χ4n) is 1.50. The van der Waals surface area contributed by atoms with E-state index in [0.29, 0.717) is 12.2 Å². The number of ether oxygens (including phenoxy) is 1. The average Bonchev–Trinajstić information content (AvgIpc) is 2.18. The highest BCUT2D eigenvalue weighted by atomic mass is 16.5. The summed E-state index contributed by atoms with van der Waals surface area (Å²) in [4.78, 5) is 11.0. The number of hydrogen-bond donors (Lipinski definition) is 2. The van der Waals surface area contributed by atoms with Gasteiger partial charge in [0.15, 0.2) is 0 Å². The summed E-state index contributed by atoms with van der Waals surface area (Å²) in [6.07, 6.45) is 0. The maximum atomic E-state index is 11.0. The number of morpholine rings is 1. The van der Waals surface area contributed by atoms with E-state index in [1.54, 1.807) is 18.2 Å². The molecule has 0 bridgehead atoms. The first kappa shape index (κ1) is 9.02. The normalized spacial score (nSPS) is 21.7. The lowest BCUT2D eigenvalue weighted by atomic mass is 10.1. The predicted octanol–water partition coefficient (Wildman–Crippen LogP) is 0.580. The van der Waals surface area contributed by atoms with Crippen LogP contribution in [0.15, 0.2) is 24.3 Å². The van der Waals surface area contributed by atoms with Crippen LogP contribution in [0, 0.1) is 0 Å². The number of hydrogen-bond acceptors (Lipinski definition) is 3. The maximum Gasteiger partial charge on any atom is 0.246 e. The molecule has 1 amide bonds. The number of carbonyl (C=O) groups is 1. The molecule has 1 atom stereocenters. The number of phenols is 1. The third kappa shape index (κ3) is 1.70. The van der Waals surface area contributed by atoms with Gasteiger partial charge in [-0.3, -0.25) is 4.79 Å². The fourth-order valence-corrected chi connectivity index (χ4v) is 1.50. The number of benzene rings is 1. The second-order valence-corrected chi connectivity index (χ2v) is 3.19. The van der Waals surface area contributed by atoms with Gasteiger partial charge in [0.1, 0.15) is 12.4 Å². The zero-order chi connectivity index (χ0) is 9.97. The Morgan fingerprint density at radius 3 is 2.93 bits per heavy atom. The summed E-state index contributed by atoms with van der Waals surface area (Å²) >= 11 is 0. The van der Waals surface area contributed by atoms with Gasteiger partial charge in [0, 0.05) is 5.56 Å². The van der Waals surface area contributed by atoms with Crippen molar-refractivity contribution in [2.24, 2.45) is 0 Å². The standard InChI is InChI=1S/C10H11NO3/c12-9-4-2-1-3-7(9)8-5-14-6-10(13)11-8/h1-4,8,12H,5-6H2,(H,11,13). The van der Waals surface area contributed by atoms with E-state index >= 15 is 0 Å². The summed E-state index contributed by atoms with van der Waals surface area (Å²) in [5.41, 5.74) is 0.695. The van der Waals surface area contributed by atoms with Crippen molar-refractivity contribution in [2.45, 2.75) is 6.04 Å². The molecule has 0 spiro atoms. The Bertz CT molecular complexity index is 351. The van der Waals surface area contributed by atoms with Crippen molar-refractivity contribution in [1.82, 2.24) is 5.32 Å². The highest BCUT2D eigenvalue weighted by Gasteiger charge is 2.21. The van der Waals surface area contributed by atoms with Crippen molar-refractivity contribution in [3.8, 4) is 5.75 Å². The molecule has 4 heteroatoms. The third-order valence-electron chi connectivity index (χ3n) is 2.17. The van der Waals surface area contributed by atoms with Crippen LogP contribution in [0.1, 0.15) is 11.6 Å². The lowest BCUT2D eigenvalue weighted by molar-refractivity contribution is -0.131. The van der Waals surface area contributed by atoms with Gasteiger partial charge in [-0.15, -0.1) is 0 Å². The van der Waals surface area contributed by atoms with Gasteiger partial charge in [-0.05, 0) is 6.07 Å². The first-order valence-electron chi connectivity index (χ1n) is 4.42. The second kappa shape index (κ2) is 3.67. The molecule has 1 saturated heterocycles. The Balaban J connectivity index is 2.22. The van der Waals surface area contributed by atoms with E-state index in [-0.39, 0.29) is 24.3 Å². The topological polar surface area (TPSA) is 58.6 Å². The molecule has 2 rings (SSSR count). The number of amides is 1. The summed E-state index contributed by atoms with van der Waals surface area (Å²) in [6.45, 7) is 0.507. The third-order valence-corrected chi connectivity index (χ3v) is 2.17. The molecule has 1 fully saturated rings. The SMILES string of the molecule is O=C1COCC(c2ccccc2O)N1. The highest BCUT2D eigenvalue weighted by Crippen LogP contribution is 2.24. The van der Waals surface area contributed by atoms with E-state index in [9.17, 15) is 9.90 Å². The number of nitrogens with one attached hydrogen (secondary N) is 1. The summed E-state index contributed by atoms with van der Waals surface area (Å²) in [6, 6.07) is 6.68. The average molecular weight is 193 g/mol. The number of phenolic OH excluding ortho intramolecular Hbond substituents is 1. The predicted molar refractivity (Wildman–Crippen MR) is 49.8 cm³/mol. The summed E-state index contributed by atoms with van der Waals surface area (Å²) in [5.74, 6) is 0.0350. The van der Waals surface area contributed by atoms with Crippen LogP contribution in [0.4, 0.5) is 0 Å². The number of aromatic hydroxyl groups is 1. The Labute approximate surface area is 81.5 Å². The van der Waals surface area contributed by atoms with Gasteiger partial charge in [-0.1, -0.05) is 18.2 Å². The molecule has 1 heterocycles. The molecule has 0 saturated carbocycles. The molecule has 14 heavy (non-hydrogen) atoms. The smallest absolute Gasteiger partial charge is 0.246 e. The van der Waals surface area contributed by atoms with Crippen molar-refractivity contribution in [3.05, 3.63) is 29.8 Å². The van der Waals surface area contributed by atoms with E-state index in [4.69, 9.17) is 4.74 Å². The molecule has 0 aliphatic carbocycles. The zero-order valence-electron chi connectivity index (χ0n) is 7.56. The summed E-state index contributed by atoms with van der Waals surface area (Å²) < 4.78 is 5.08. The molecule has 2 N–H and O–H groups in total. The van der Waals surface area contributed by atoms with Gasteiger partial charge in [0.05, 0.1) is 12.6 Å². The quantitative estimate of drug-likeness (QED) is 0.685. The fraction of sp³-hybridized carbons (Fsp3) is 0.300. The largest absolute Gasteiger partial charge is 0.508 e. The molecule has 4 nitrogen and oxygen atoms in total. The van der Waals surface area contributed by atoms with Crippen molar-refractivity contribution >= 4 is 5.91 Å². The highest BCUT2D eigenvalue weighted by molar-refractivity contribution is 5.78. The first-order valence-corrected chi connectivity index (χ1v) is 4.42. The molecule has 1 aliphatic rings. The van der Waals surface area contributed by atoms with Gasteiger partial charge in [-0.2, -0.15) is 0 Å². The van der Waals surface area contributed by atoms with Crippen LogP contribution < -0.4 is 5.32 Å².